The van der Waals surface area contributed by atoms with Crippen LogP contribution in [-0.2, 0) is 28.3 Å². The lowest BCUT2D eigenvalue weighted by Gasteiger charge is -2.32. The summed E-state index contributed by atoms with van der Waals surface area (Å²) in [4.78, 5) is 29.0. The van der Waals surface area contributed by atoms with Gasteiger partial charge in [-0.25, -0.2) is 4.39 Å². The minimum Gasteiger partial charge on any atom is -0.352 e. The predicted molar refractivity (Wildman–Crippen MR) is 149 cm³/mol. The normalized spacial score (nSPS) is 14.3. The first-order valence-electron chi connectivity index (χ1n) is 12.7. The van der Waals surface area contributed by atoms with Crippen molar-refractivity contribution in [2.45, 2.75) is 56.5 Å². The second-order valence-electron chi connectivity index (χ2n) is 9.46. The smallest absolute Gasteiger partial charge is 0.243 e. The van der Waals surface area contributed by atoms with E-state index >= 15 is 0 Å². The van der Waals surface area contributed by atoms with Gasteiger partial charge in [0.05, 0.1) is 5.75 Å². The van der Waals surface area contributed by atoms with Gasteiger partial charge in [0, 0.05) is 29.8 Å². The van der Waals surface area contributed by atoms with Crippen LogP contribution in [0.2, 0.25) is 5.02 Å². The van der Waals surface area contributed by atoms with Gasteiger partial charge in [0.25, 0.3) is 0 Å². The van der Waals surface area contributed by atoms with Crippen LogP contribution in [0.5, 0.6) is 0 Å². The molecule has 3 aromatic carbocycles. The van der Waals surface area contributed by atoms with Crippen LogP contribution < -0.4 is 5.32 Å². The van der Waals surface area contributed by atoms with Crippen molar-refractivity contribution in [2.75, 3.05) is 5.75 Å². The summed E-state index contributed by atoms with van der Waals surface area (Å²) in [6.07, 6.45) is 4.61. The Bertz CT molecular complexity index is 1150. The molecule has 1 saturated carbocycles. The number of nitrogens with one attached hydrogen (secondary N) is 1. The summed E-state index contributed by atoms with van der Waals surface area (Å²) in [7, 11) is 0. The van der Waals surface area contributed by atoms with Gasteiger partial charge in [-0.05, 0) is 53.8 Å². The molecular formula is C30H32ClFN2O2S. The fraction of sp³-hybridized carbons (Fsp3) is 0.333. The van der Waals surface area contributed by atoms with Crippen molar-refractivity contribution in [3.8, 4) is 0 Å². The first-order chi connectivity index (χ1) is 18.0. The molecule has 194 valence electrons. The standard InChI is InChI=1S/C30H32ClFN2O2S/c31-25-14-10-23(11-15-25)19-34(29(35)21-37-20-24-12-16-26(32)17-13-24)28(18-22-6-2-1-3-7-22)30(36)33-27-8-4-5-9-27/h1-3,6-7,10-17,27-28H,4-5,8-9,18-21H2,(H,33,36)/t28-/m0/s1. The summed E-state index contributed by atoms with van der Waals surface area (Å²) in [5, 5.41) is 3.84. The number of hydrogen-bond acceptors (Lipinski definition) is 3. The summed E-state index contributed by atoms with van der Waals surface area (Å²) >= 11 is 7.55. The predicted octanol–water partition coefficient (Wildman–Crippen LogP) is 6.41. The summed E-state index contributed by atoms with van der Waals surface area (Å²) < 4.78 is 13.3. The third kappa shape index (κ3) is 8.34. The second kappa shape index (κ2) is 13.6. The molecule has 1 N–H and O–H groups in total. The first-order valence-corrected chi connectivity index (χ1v) is 14.2. The zero-order chi connectivity index (χ0) is 26.0. The van der Waals surface area contributed by atoms with Gasteiger partial charge in [-0.15, -0.1) is 11.8 Å². The zero-order valence-corrected chi connectivity index (χ0v) is 22.3. The maximum atomic E-state index is 13.7. The van der Waals surface area contributed by atoms with Crippen molar-refractivity contribution in [2.24, 2.45) is 0 Å². The molecule has 1 aliphatic rings. The van der Waals surface area contributed by atoms with Crippen LogP contribution in [0.25, 0.3) is 0 Å². The van der Waals surface area contributed by atoms with E-state index in [-0.39, 0.29) is 29.4 Å². The summed E-state index contributed by atoms with van der Waals surface area (Å²) in [5.41, 5.74) is 2.86. The Morgan fingerprint density at radius 2 is 1.57 bits per heavy atom. The van der Waals surface area contributed by atoms with Gasteiger partial charge in [-0.1, -0.05) is 79.0 Å². The highest BCUT2D eigenvalue weighted by atomic mass is 35.5. The largest absolute Gasteiger partial charge is 0.352 e. The molecular weight excluding hydrogens is 507 g/mol. The Balaban J connectivity index is 1.55. The van der Waals surface area contributed by atoms with Crippen molar-refractivity contribution < 1.29 is 14.0 Å². The minimum atomic E-state index is -0.641. The Morgan fingerprint density at radius 1 is 0.919 bits per heavy atom. The van der Waals surface area contributed by atoms with E-state index in [1.807, 2.05) is 42.5 Å². The highest BCUT2D eigenvalue weighted by Crippen LogP contribution is 2.22. The first kappa shape index (κ1) is 27.2. The van der Waals surface area contributed by atoms with Crippen LogP contribution >= 0.6 is 23.4 Å². The average molecular weight is 539 g/mol. The van der Waals surface area contributed by atoms with Gasteiger partial charge in [0.2, 0.25) is 11.8 Å². The Hall–Kier alpha value is -2.83. The lowest BCUT2D eigenvalue weighted by molar-refractivity contribution is -0.139. The number of halogens is 2. The highest BCUT2D eigenvalue weighted by molar-refractivity contribution is 7.99. The van der Waals surface area contributed by atoms with Crippen LogP contribution in [0, 0.1) is 5.82 Å². The molecule has 0 saturated heterocycles. The van der Waals surface area contributed by atoms with E-state index in [1.54, 1.807) is 29.2 Å². The van der Waals surface area contributed by atoms with Crippen molar-refractivity contribution >= 4 is 35.2 Å². The fourth-order valence-corrected chi connectivity index (χ4v) is 5.62. The molecule has 0 unspecified atom stereocenters. The van der Waals surface area contributed by atoms with Crippen molar-refractivity contribution in [1.82, 2.24) is 10.2 Å². The number of amides is 2. The lowest BCUT2D eigenvalue weighted by Crippen LogP contribution is -2.52. The van der Waals surface area contributed by atoms with E-state index in [9.17, 15) is 14.0 Å². The van der Waals surface area contributed by atoms with Crippen LogP contribution in [-0.4, -0.2) is 34.6 Å². The molecule has 0 spiro atoms. The molecule has 37 heavy (non-hydrogen) atoms. The molecule has 1 atom stereocenters. The van der Waals surface area contributed by atoms with Crippen molar-refractivity contribution in [1.29, 1.82) is 0 Å². The lowest BCUT2D eigenvalue weighted by atomic mass is 10.0. The van der Waals surface area contributed by atoms with E-state index in [4.69, 9.17) is 11.6 Å². The van der Waals surface area contributed by atoms with Crippen LogP contribution in [0.1, 0.15) is 42.4 Å². The van der Waals surface area contributed by atoms with E-state index in [2.05, 4.69) is 5.32 Å². The molecule has 0 aliphatic heterocycles. The van der Waals surface area contributed by atoms with Crippen molar-refractivity contribution in [3.05, 3.63) is 106 Å². The molecule has 7 heteroatoms. The molecule has 0 radical (unpaired) electrons. The summed E-state index contributed by atoms with van der Waals surface area (Å²) in [6, 6.07) is 23.0. The molecule has 0 bridgehead atoms. The summed E-state index contributed by atoms with van der Waals surface area (Å²) in [6.45, 7) is 0.308. The third-order valence-corrected chi connectivity index (χ3v) is 7.89. The highest BCUT2D eigenvalue weighted by Gasteiger charge is 2.32. The number of carbonyl (C=O) groups is 2. The molecule has 4 nitrogen and oxygen atoms in total. The van der Waals surface area contributed by atoms with Gasteiger partial charge < -0.3 is 10.2 Å². The molecule has 0 aromatic heterocycles. The van der Waals surface area contributed by atoms with Crippen LogP contribution in [0.4, 0.5) is 4.39 Å². The van der Waals surface area contributed by atoms with Crippen LogP contribution in [0.15, 0.2) is 78.9 Å². The number of rotatable bonds is 11. The topological polar surface area (TPSA) is 49.4 Å². The van der Waals surface area contributed by atoms with Crippen LogP contribution in [0.3, 0.4) is 0 Å². The van der Waals surface area contributed by atoms with E-state index in [1.165, 1.54) is 23.9 Å². The number of hydrogen-bond donors (Lipinski definition) is 1. The fourth-order valence-electron chi connectivity index (χ4n) is 4.63. The molecule has 1 aliphatic carbocycles. The Labute approximate surface area is 227 Å². The number of nitrogens with zero attached hydrogens (tertiary/aromatic N) is 1. The maximum Gasteiger partial charge on any atom is 0.243 e. The molecule has 3 aromatic rings. The second-order valence-corrected chi connectivity index (χ2v) is 10.9. The van der Waals surface area contributed by atoms with Gasteiger partial charge in [0.1, 0.15) is 11.9 Å². The third-order valence-electron chi connectivity index (χ3n) is 6.65. The van der Waals surface area contributed by atoms with E-state index in [0.717, 1.165) is 42.4 Å². The Morgan fingerprint density at radius 3 is 2.24 bits per heavy atom. The average Bonchev–Trinajstić information content (AvgIpc) is 3.42. The van der Waals surface area contributed by atoms with Gasteiger partial charge >= 0.3 is 0 Å². The van der Waals surface area contributed by atoms with Gasteiger partial charge in [-0.2, -0.15) is 0 Å². The quantitative estimate of drug-likeness (QED) is 0.307. The zero-order valence-electron chi connectivity index (χ0n) is 20.7. The monoisotopic (exact) mass is 538 g/mol. The van der Waals surface area contributed by atoms with Crippen molar-refractivity contribution in [3.63, 3.8) is 0 Å². The SMILES string of the molecule is O=C(NC1CCCC1)[C@H](Cc1ccccc1)N(Cc1ccc(Cl)cc1)C(=O)CSCc1ccc(F)cc1. The number of thioether (sulfide) groups is 1. The Kier molecular flexibility index (Phi) is 10.0. The van der Waals surface area contributed by atoms with Gasteiger partial charge in [0.15, 0.2) is 0 Å². The molecule has 2 amide bonds. The summed E-state index contributed by atoms with van der Waals surface area (Å²) in [5.74, 6) is 0.299. The molecule has 1 fully saturated rings. The maximum absolute atomic E-state index is 13.7. The number of carbonyl (C=O) groups excluding carboxylic acids is 2. The van der Waals surface area contributed by atoms with Gasteiger partial charge in [-0.3, -0.25) is 9.59 Å². The molecule has 0 heterocycles. The van der Waals surface area contributed by atoms with E-state index < -0.39 is 6.04 Å². The number of benzene rings is 3. The minimum absolute atomic E-state index is 0.107. The molecule has 4 rings (SSSR count). The van der Waals surface area contributed by atoms with E-state index in [0.29, 0.717) is 23.7 Å².